The summed E-state index contributed by atoms with van der Waals surface area (Å²) in [6.45, 7) is -0.706. The van der Waals surface area contributed by atoms with Gasteiger partial charge in [0.25, 0.3) is 0 Å². The average molecular weight is 380 g/mol. The first-order valence-electron chi connectivity index (χ1n) is 8.97. The summed E-state index contributed by atoms with van der Waals surface area (Å²) in [5.74, 6) is 1.42. The highest BCUT2D eigenvalue weighted by Crippen LogP contribution is 2.39. The molecule has 2 aromatic heterocycles. The third-order valence-electron chi connectivity index (χ3n) is 5.50. The van der Waals surface area contributed by atoms with Crippen molar-refractivity contribution < 1.29 is 18.3 Å². The Labute approximate surface area is 155 Å². The number of piperidine rings is 1. The molecule has 2 aromatic rings. The van der Waals surface area contributed by atoms with Gasteiger partial charge in [-0.2, -0.15) is 13.8 Å². The van der Waals surface area contributed by atoms with E-state index in [0.29, 0.717) is 35.5 Å². The van der Waals surface area contributed by atoms with Crippen LogP contribution in [0.4, 0.5) is 20.4 Å². The topological polar surface area (TPSA) is 88.2 Å². The Morgan fingerprint density at radius 1 is 1.30 bits per heavy atom. The Morgan fingerprint density at radius 3 is 2.96 bits per heavy atom. The van der Waals surface area contributed by atoms with Crippen molar-refractivity contribution in [2.24, 2.45) is 5.92 Å². The second-order valence-corrected chi connectivity index (χ2v) is 7.08. The number of anilines is 2. The summed E-state index contributed by atoms with van der Waals surface area (Å²) in [7, 11) is 2.19. The predicted octanol–water partition coefficient (Wildman–Crippen LogP) is 2.79. The van der Waals surface area contributed by atoms with Crippen LogP contribution < -0.4 is 14.8 Å². The number of ether oxygens (including phenoxy) is 2. The van der Waals surface area contributed by atoms with Crippen LogP contribution in [0.3, 0.4) is 0 Å². The molecule has 0 aromatic carbocycles. The molecule has 0 saturated carbocycles. The lowest BCUT2D eigenvalue weighted by Gasteiger charge is -2.41. The molecule has 0 spiro atoms. The van der Waals surface area contributed by atoms with Gasteiger partial charge in [-0.15, -0.1) is 5.10 Å². The van der Waals surface area contributed by atoms with Crippen molar-refractivity contribution in [2.45, 2.75) is 51.0 Å². The molecule has 4 rings (SSSR count). The number of hydrogen-bond donors (Lipinski definition) is 2. The molecule has 0 amide bonds. The summed E-state index contributed by atoms with van der Waals surface area (Å²) >= 11 is 0. The summed E-state index contributed by atoms with van der Waals surface area (Å²) in [4.78, 5) is 11.0. The molecule has 4 atom stereocenters. The lowest BCUT2D eigenvalue weighted by molar-refractivity contribution is -0.0528. The lowest BCUT2D eigenvalue weighted by Crippen LogP contribution is -2.49. The van der Waals surface area contributed by atoms with Crippen LogP contribution in [0.1, 0.15) is 26.2 Å². The van der Waals surface area contributed by atoms with Gasteiger partial charge in [0.15, 0.2) is 5.82 Å². The van der Waals surface area contributed by atoms with E-state index < -0.39 is 6.61 Å². The fourth-order valence-corrected chi connectivity index (χ4v) is 4.12. The van der Waals surface area contributed by atoms with Gasteiger partial charge in [0.05, 0.1) is 12.4 Å². The van der Waals surface area contributed by atoms with Gasteiger partial charge in [0, 0.05) is 30.5 Å². The van der Waals surface area contributed by atoms with Crippen molar-refractivity contribution in [3.63, 3.8) is 0 Å². The van der Waals surface area contributed by atoms with Crippen LogP contribution in [0.15, 0.2) is 18.5 Å². The number of aromatic amines is 1. The molecule has 2 bridgehead atoms. The lowest BCUT2D eigenvalue weighted by atomic mass is 9.89. The highest BCUT2D eigenvalue weighted by Gasteiger charge is 2.44. The highest BCUT2D eigenvalue weighted by atomic mass is 19.3. The second kappa shape index (κ2) is 7.26. The highest BCUT2D eigenvalue weighted by molar-refractivity contribution is 5.52. The minimum atomic E-state index is -2.93. The normalized spacial score (nSPS) is 27.7. The number of fused-ring (bicyclic) bond motifs is 2. The molecular formula is C17H22F2N6O2. The Kier molecular flexibility index (Phi) is 4.81. The van der Waals surface area contributed by atoms with Crippen molar-refractivity contribution >= 4 is 11.6 Å². The van der Waals surface area contributed by atoms with Gasteiger partial charge in [-0.25, -0.2) is 0 Å². The zero-order chi connectivity index (χ0) is 19.0. The summed E-state index contributed by atoms with van der Waals surface area (Å²) in [5.41, 5.74) is 0. The van der Waals surface area contributed by atoms with Crippen molar-refractivity contribution in [3.05, 3.63) is 18.5 Å². The number of hydrogen-bond acceptors (Lipinski definition) is 7. The van der Waals surface area contributed by atoms with Gasteiger partial charge >= 0.3 is 6.61 Å². The summed E-state index contributed by atoms with van der Waals surface area (Å²) in [6.07, 6.45) is 6.59. The molecular weight excluding hydrogens is 358 g/mol. The number of alkyl halides is 2. The quantitative estimate of drug-likeness (QED) is 0.797. The van der Waals surface area contributed by atoms with E-state index >= 15 is 0 Å². The average Bonchev–Trinajstić information content (AvgIpc) is 3.15. The Morgan fingerprint density at radius 2 is 2.15 bits per heavy atom. The molecule has 2 fully saturated rings. The maximum atomic E-state index is 12.2. The smallest absolute Gasteiger partial charge is 0.388 e. The largest absolute Gasteiger partial charge is 0.473 e. The molecule has 146 valence electrons. The van der Waals surface area contributed by atoms with Gasteiger partial charge in [0.1, 0.15) is 11.9 Å². The van der Waals surface area contributed by atoms with Crippen LogP contribution in [0, 0.1) is 5.92 Å². The Balaban J connectivity index is 1.41. The third kappa shape index (κ3) is 3.80. The third-order valence-corrected chi connectivity index (χ3v) is 5.50. The van der Waals surface area contributed by atoms with Crippen LogP contribution in [0.25, 0.3) is 0 Å². The minimum Gasteiger partial charge on any atom is -0.473 e. The predicted molar refractivity (Wildman–Crippen MR) is 93.3 cm³/mol. The number of halogens is 2. The molecule has 2 N–H and O–H groups in total. The van der Waals surface area contributed by atoms with E-state index in [1.807, 2.05) is 0 Å². The van der Waals surface area contributed by atoms with E-state index in [9.17, 15) is 8.78 Å². The van der Waals surface area contributed by atoms with Crippen molar-refractivity contribution in [1.29, 1.82) is 0 Å². The number of nitrogens with one attached hydrogen (secondary N) is 2. The number of rotatable bonds is 6. The zero-order valence-electron chi connectivity index (χ0n) is 15.1. The van der Waals surface area contributed by atoms with Crippen LogP contribution >= 0.6 is 0 Å². The minimum absolute atomic E-state index is 0.0986. The van der Waals surface area contributed by atoms with E-state index in [1.165, 1.54) is 25.1 Å². The van der Waals surface area contributed by atoms with Gasteiger partial charge in [0.2, 0.25) is 11.8 Å². The van der Waals surface area contributed by atoms with Gasteiger partial charge in [-0.1, -0.05) is 6.92 Å². The van der Waals surface area contributed by atoms with Crippen molar-refractivity contribution in [1.82, 2.24) is 25.1 Å². The molecule has 2 aliphatic heterocycles. The molecule has 2 aliphatic rings. The monoisotopic (exact) mass is 380 g/mol. The van der Waals surface area contributed by atoms with Gasteiger partial charge in [-0.05, 0) is 19.9 Å². The summed E-state index contributed by atoms with van der Waals surface area (Å²) in [6, 6.07) is 2.42. The molecule has 10 heteroatoms. The first-order valence-corrected chi connectivity index (χ1v) is 8.97. The van der Waals surface area contributed by atoms with Crippen LogP contribution in [0.2, 0.25) is 0 Å². The molecule has 4 heterocycles. The number of H-pyrrole nitrogens is 1. The molecule has 2 saturated heterocycles. The van der Waals surface area contributed by atoms with Crippen LogP contribution in [0.5, 0.6) is 11.8 Å². The number of aromatic nitrogens is 4. The van der Waals surface area contributed by atoms with Gasteiger partial charge < -0.3 is 14.8 Å². The fraction of sp³-hybridized carbons (Fsp3) is 0.588. The van der Waals surface area contributed by atoms with Crippen molar-refractivity contribution in [2.75, 3.05) is 12.4 Å². The second-order valence-electron chi connectivity index (χ2n) is 7.08. The Hall–Kier alpha value is -2.49. The zero-order valence-corrected chi connectivity index (χ0v) is 15.1. The maximum Gasteiger partial charge on any atom is 0.388 e. The molecule has 8 nitrogen and oxygen atoms in total. The summed E-state index contributed by atoms with van der Waals surface area (Å²) in [5, 5.41) is 9.11. The van der Waals surface area contributed by atoms with E-state index in [-0.39, 0.29) is 12.0 Å². The molecule has 0 unspecified atom stereocenters. The van der Waals surface area contributed by atoms with Crippen molar-refractivity contribution in [3.8, 4) is 11.8 Å². The standard InChI is InChI=1S/C17H22F2N6O2/c1-9-11-4-3-10(25(11)2)5-12(9)26-16-8-20-7-14(22-16)21-13-6-15(24-23-13)27-17(18)19/h6-12,17H,3-5H2,1-2H3,(H2,21,22,23,24)/t9-,10-,11+,12-/m1/s1. The van der Waals surface area contributed by atoms with E-state index in [0.717, 1.165) is 6.42 Å². The van der Waals surface area contributed by atoms with E-state index in [4.69, 9.17) is 4.74 Å². The van der Waals surface area contributed by atoms with E-state index in [2.05, 4.69) is 49.1 Å². The van der Waals surface area contributed by atoms with Gasteiger partial charge in [-0.3, -0.25) is 15.0 Å². The molecule has 0 radical (unpaired) electrons. The molecule has 27 heavy (non-hydrogen) atoms. The van der Waals surface area contributed by atoms with E-state index in [1.54, 1.807) is 6.20 Å². The van der Waals surface area contributed by atoms with Crippen LogP contribution in [-0.4, -0.2) is 56.9 Å². The maximum absolute atomic E-state index is 12.2. The number of nitrogens with zero attached hydrogens (tertiary/aromatic N) is 4. The Bertz CT molecular complexity index is 788. The first-order chi connectivity index (χ1) is 13.0. The fourth-order valence-electron chi connectivity index (χ4n) is 4.12. The first kappa shape index (κ1) is 17.9. The summed E-state index contributed by atoms with van der Waals surface area (Å²) < 4.78 is 34.8. The molecule has 0 aliphatic carbocycles. The van der Waals surface area contributed by atoms with Crippen LogP contribution in [-0.2, 0) is 0 Å². The SMILES string of the molecule is C[C@H]1[C@H](Oc2cncc(Nc3cc(OC(F)F)n[nH]3)n2)C[C@H]2CC[C@@H]1N2C.